The number of aliphatic hydroxyl groups is 1. The van der Waals surface area contributed by atoms with Crippen LogP contribution in [0.5, 0.6) is 0 Å². The number of nitrogens with zero attached hydrogens (tertiary/aromatic N) is 1. The fourth-order valence-electron chi connectivity index (χ4n) is 0.865. The lowest BCUT2D eigenvalue weighted by molar-refractivity contribution is 0.230. The smallest absolute Gasteiger partial charge is 0.0601 e. The summed E-state index contributed by atoms with van der Waals surface area (Å²) in [6.45, 7) is 1.13. The topological polar surface area (TPSA) is 34.3 Å². The first-order chi connectivity index (χ1) is 3.93. The van der Waals surface area contributed by atoms with Crippen molar-refractivity contribution >= 4 is 0 Å². The van der Waals surface area contributed by atoms with Crippen molar-refractivity contribution in [1.29, 1.82) is 0 Å². The van der Waals surface area contributed by atoms with E-state index in [-0.39, 0.29) is 12.6 Å². The molecular formula is C6H11NO. The number of aliphatic hydroxyl groups excluding tert-OH is 1. The molecule has 0 aromatic carbocycles. The molecule has 1 unspecified atom stereocenters. The van der Waals surface area contributed by atoms with Crippen LogP contribution in [0.2, 0.25) is 0 Å². The van der Waals surface area contributed by atoms with Gasteiger partial charge in [-0.3, -0.25) is 0 Å². The van der Waals surface area contributed by atoms with Crippen molar-refractivity contribution in [1.82, 2.24) is 5.32 Å². The molecule has 1 fully saturated rings. The summed E-state index contributed by atoms with van der Waals surface area (Å²) in [5.41, 5.74) is 0. The molecule has 1 atom stereocenters. The summed E-state index contributed by atoms with van der Waals surface area (Å²) in [5.74, 6) is 0. The first kappa shape index (κ1) is 6.05. The maximum atomic E-state index is 8.58. The van der Waals surface area contributed by atoms with Gasteiger partial charge in [-0.25, -0.2) is 5.32 Å². The summed E-state index contributed by atoms with van der Waals surface area (Å²) in [4.78, 5) is 0. The van der Waals surface area contributed by atoms with Crippen LogP contribution in [0.15, 0.2) is 0 Å². The molecule has 8 heavy (non-hydrogen) atoms. The SMILES string of the molecule is OCC1C[CH]CC[N]1. The summed E-state index contributed by atoms with van der Waals surface area (Å²) < 4.78 is 0. The molecule has 1 aliphatic rings. The highest BCUT2D eigenvalue weighted by Gasteiger charge is 2.11. The summed E-state index contributed by atoms with van der Waals surface area (Å²) in [6, 6.07) is 0.212. The van der Waals surface area contributed by atoms with Crippen LogP contribution < -0.4 is 5.32 Å². The van der Waals surface area contributed by atoms with Crippen molar-refractivity contribution in [3.8, 4) is 0 Å². The van der Waals surface area contributed by atoms with Gasteiger partial charge in [-0.1, -0.05) is 0 Å². The lowest BCUT2D eigenvalue weighted by atomic mass is 10.1. The maximum absolute atomic E-state index is 8.58. The third-order valence-corrected chi connectivity index (χ3v) is 1.37. The summed E-state index contributed by atoms with van der Waals surface area (Å²) in [5, 5.41) is 12.7. The van der Waals surface area contributed by atoms with Gasteiger partial charge in [0.15, 0.2) is 0 Å². The molecule has 0 saturated carbocycles. The fraction of sp³-hybridized carbons (Fsp3) is 0.833. The van der Waals surface area contributed by atoms with Gasteiger partial charge in [0.1, 0.15) is 0 Å². The Hall–Kier alpha value is -0.0800. The van der Waals surface area contributed by atoms with Gasteiger partial charge in [-0.05, 0) is 19.3 Å². The molecule has 0 amide bonds. The minimum absolute atomic E-state index is 0.212. The zero-order chi connectivity index (χ0) is 5.82. The number of hydrogen-bond donors (Lipinski definition) is 1. The van der Waals surface area contributed by atoms with Crippen molar-refractivity contribution in [2.45, 2.75) is 18.9 Å². The summed E-state index contributed by atoms with van der Waals surface area (Å²) in [7, 11) is 0. The predicted molar refractivity (Wildman–Crippen MR) is 31.4 cm³/mol. The second-order valence-electron chi connectivity index (χ2n) is 2.06. The molecule has 2 radical (unpaired) electrons. The van der Waals surface area contributed by atoms with Crippen molar-refractivity contribution in [3.05, 3.63) is 6.42 Å². The quantitative estimate of drug-likeness (QED) is 0.508. The van der Waals surface area contributed by atoms with Gasteiger partial charge in [0, 0.05) is 12.6 Å². The fourth-order valence-corrected chi connectivity index (χ4v) is 0.865. The highest BCUT2D eigenvalue weighted by atomic mass is 16.3. The van der Waals surface area contributed by atoms with Gasteiger partial charge in [0.25, 0.3) is 0 Å². The molecule has 1 saturated heterocycles. The van der Waals surface area contributed by atoms with E-state index in [0.717, 1.165) is 19.4 Å². The van der Waals surface area contributed by atoms with Gasteiger partial charge in [0.2, 0.25) is 0 Å². The Balaban J connectivity index is 2.13. The molecule has 1 rings (SSSR count). The van der Waals surface area contributed by atoms with Crippen LogP contribution in [0.4, 0.5) is 0 Å². The summed E-state index contributed by atoms with van der Waals surface area (Å²) >= 11 is 0. The zero-order valence-corrected chi connectivity index (χ0v) is 4.88. The van der Waals surface area contributed by atoms with E-state index < -0.39 is 0 Å². The molecule has 1 heterocycles. The van der Waals surface area contributed by atoms with E-state index in [1.54, 1.807) is 0 Å². The molecule has 0 aliphatic carbocycles. The van der Waals surface area contributed by atoms with Gasteiger partial charge >= 0.3 is 0 Å². The van der Waals surface area contributed by atoms with Gasteiger partial charge in [-0.2, -0.15) is 0 Å². The Bertz CT molecular complexity index is 59.5. The highest BCUT2D eigenvalue weighted by molar-refractivity contribution is 4.81. The normalized spacial score (nSPS) is 30.4. The van der Waals surface area contributed by atoms with Crippen LogP contribution in [-0.4, -0.2) is 24.3 Å². The Morgan fingerprint density at radius 3 is 3.00 bits per heavy atom. The van der Waals surface area contributed by atoms with Crippen LogP contribution in [0.1, 0.15) is 12.8 Å². The zero-order valence-electron chi connectivity index (χ0n) is 4.88. The Morgan fingerprint density at radius 2 is 2.62 bits per heavy atom. The number of piperidine rings is 1. The van der Waals surface area contributed by atoms with Crippen molar-refractivity contribution in [2.24, 2.45) is 0 Å². The molecular weight excluding hydrogens is 102 g/mol. The molecule has 46 valence electrons. The van der Waals surface area contributed by atoms with Crippen molar-refractivity contribution in [2.75, 3.05) is 13.2 Å². The molecule has 0 bridgehead atoms. The lowest BCUT2D eigenvalue weighted by Gasteiger charge is -2.18. The molecule has 1 aliphatic heterocycles. The van der Waals surface area contributed by atoms with E-state index in [1.165, 1.54) is 0 Å². The van der Waals surface area contributed by atoms with E-state index in [9.17, 15) is 0 Å². The van der Waals surface area contributed by atoms with E-state index >= 15 is 0 Å². The van der Waals surface area contributed by atoms with E-state index in [2.05, 4.69) is 11.7 Å². The van der Waals surface area contributed by atoms with Crippen molar-refractivity contribution < 1.29 is 5.11 Å². The molecule has 2 heteroatoms. The van der Waals surface area contributed by atoms with E-state index in [4.69, 9.17) is 5.11 Å². The van der Waals surface area contributed by atoms with E-state index in [1.807, 2.05) is 0 Å². The maximum Gasteiger partial charge on any atom is 0.0601 e. The highest BCUT2D eigenvalue weighted by Crippen LogP contribution is 2.05. The largest absolute Gasteiger partial charge is 0.395 e. The van der Waals surface area contributed by atoms with Gasteiger partial charge in [0.05, 0.1) is 6.61 Å². The van der Waals surface area contributed by atoms with Crippen LogP contribution in [0, 0.1) is 6.42 Å². The molecule has 1 N–H and O–H groups in total. The van der Waals surface area contributed by atoms with Crippen LogP contribution >= 0.6 is 0 Å². The van der Waals surface area contributed by atoms with Crippen LogP contribution in [0.3, 0.4) is 0 Å². The third-order valence-electron chi connectivity index (χ3n) is 1.37. The average molecular weight is 113 g/mol. The average Bonchev–Trinajstić information content (AvgIpc) is 1.90. The standard InChI is InChI=1S/C6H11NO/c8-5-6-3-1-2-4-7-6/h1,6,8H,2-5H2. The molecule has 2 nitrogen and oxygen atoms in total. The Morgan fingerprint density at radius 1 is 1.75 bits per heavy atom. The molecule has 0 aromatic rings. The monoisotopic (exact) mass is 113 g/mol. The van der Waals surface area contributed by atoms with Crippen LogP contribution in [-0.2, 0) is 0 Å². The first-order valence-electron chi connectivity index (χ1n) is 3.02. The van der Waals surface area contributed by atoms with E-state index in [0.29, 0.717) is 0 Å². The van der Waals surface area contributed by atoms with Crippen LogP contribution in [0.25, 0.3) is 0 Å². The molecule has 0 aromatic heterocycles. The number of hydrogen-bond acceptors (Lipinski definition) is 1. The predicted octanol–water partition coefficient (Wildman–Crippen LogP) is -0.0502. The molecule has 0 spiro atoms. The summed E-state index contributed by atoms with van der Waals surface area (Å²) in [6.07, 6.45) is 4.25. The Kier molecular flexibility index (Phi) is 2.30. The first-order valence-corrected chi connectivity index (χ1v) is 3.02. The minimum Gasteiger partial charge on any atom is -0.395 e. The number of rotatable bonds is 1. The minimum atomic E-state index is 0.212. The third kappa shape index (κ3) is 1.46. The Labute approximate surface area is 49.9 Å². The van der Waals surface area contributed by atoms with Gasteiger partial charge in [-0.15, -0.1) is 0 Å². The second kappa shape index (κ2) is 3.05. The second-order valence-corrected chi connectivity index (χ2v) is 2.06. The van der Waals surface area contributed by atoms with Gasteiger partial charge < -0.3 is 5.11 Å². The lowest BCUT2D eigenvalue weighted by Crippen LogP contribution is -2.30. The van der Waals surface area contributed by atoms with Crippen molar-refractivity contribution in [3.63, 3.8) is 0 Å².